The Hall–Kier alpha value is -1.18. The molecule has 0 saturated carbocycles. The van der Waals surface area contributed by atoms with Gasteiger partial charge in [-0.25, -0.2) is 13.2 Å². The van der Waals surface area contributed by atoms with E-state index in [0.717, 1.165) is 16.5 Å². The summed E-state index contributed by atoms with van der Waals surface area (Å²) in [6.07, 6.45) is 3.87. The molecule has 106 valence electrons. The topological polar surface area (TPSA) is 74.7 Å². The fraction of sp³-hybridized carbons (Fsp3) is 0.417. The van der Waals surface area contributed by atoms with Crippen LogP contribution in [-0.4, -0.2) is 50.0 Å². The van der Waals surface area contributed by atoms with E-state index < -0.39 is 15.8 Å². The van der Waals surface area contributed by atoms with Gasteiger partial charge < -0.3 is 10.0 Å². The molecule has 5 nitrogen and oxygen atoms in total. The van der Waals surface area contributed by atoms with Crippen LogP contribution in [0, 0.1) is 0 Å². The molecule has 0 radical (unpaired) electrons. The van der Waals surface area contributed by atoms with Gasteiger partial charge in [-0.3, -0.25) is 0 Å². The first kappa shape index (κ1) is 15.9. The molecule has 19 heavy (non-hydrogen) atoms. The van der Waals surface area contributed by atoms with E-state index in [4.69, 9.17) is 5.11 Å². The molecule has 1 rings (SSSR count). The normalized spacial score (nSPS) is 12.4. The standard InChI is InChI=1S/C12H17NO4S2/c1-13(6-8-19(2,16)17)9-11-10(5-7-18-11)3-4-12(14)15/h3-5,7H,6,8-9H2,1-2H3,(H,14,15). The Balaban J connectivity index is 2.62. The van der Waals surface area contributed by atoms with Crippen LogP contribution in [-0.2, 0) is 21.2 Å². The maximum absolute atomic E-state index is 11.1. The summed E-state index contributed by atoms with van der Waals surface area (Å²) in [5.74, 6) is -0.864. The summed E-state index contributed by atoms with van der Waals surface area (Å²) >= 11 is 1.53. The molecule has 0 spiro atoms. The van der Waals surface area contributed by atoms with Crippen LogP contribution in [0.3, 0.4) is 0 Å². The van der Waals surface area contributed by atoms with Crippen molar-refractivity contribution in [3.8, 4) is 0 Å². The fourth-order valence-electron chi connectivity index (χ4n) is 1.43. The summed E-state index contributed by atoms with van der Waals surface area (Å²) in [6.45, 7) is 1.06. The second kappa shape index (κ2) is 6.83. The van der Waals surface area contributed by atoms with E-state index in [-0.39, 0.29) is 5.75 Å². The number of hydrogen-bond acceptors (Lipinski definition) is 5. The van der Waals surface area contributed by atoms with Gasteiger partial charge in [-0.05, 0) is 30.1 Å². The Morgan fingerprint density at radius 3 is 2.79 bits per heavy atom. The van der Waals surface area contributed by atoms with Crippen LogP contribution in [0.25, 0.3) is 6.08 Å². The van der Waals surface area contributed by atoms with Gasteiger partial charge in [0.25, 0.3) is 0 Å². The molecule has 0 aliphatic rings. The lowest BCUT2D eigenvalue weighted by Gasteiger charge is -2.15. The van der Waals surface area contributed by atoms with Gasteiger partial charge in [0.05, 0.1) is 5.75 Å². The van der Waals surface area contributed by atoms with Crippen molar-refractivity contribution < 1.29 is 18.3 Å². The minimum atomic E-state index is -2.96. The molecule has 0 atom stereocenters. The number of rotatable bonds is 7. The van der Waals surface area contributed by atoms with Gasteiger partial charge in [0.15, 0.2) is 0 Å². The smallest absolute Gasteiger partial charge is 0.328 e. The predicted octanol–water partition coefficient (Wildman–Crippen LogP) is 1.32. The zero-order chi connectivity index (χ0) is 14.5. The van der Waals surface area contributed by atoms with Crippen LogP contribution in [0.15, 0.2) is 17.5 Å². The summed E-state index contributed by atoms with van der Waals surface area (Å²) in [5.41, 5.74) is 0.860. The highest BCUT2D eigenvalue weighted by molar-refractivity contribution is 7.90. The lowest BCUT2D eigenvalue weighted by Crippen LogP contribution is -2.24. The van der Waals surface area contributed by atoms with E-state index in [1.165, 1.54) is 17.6 Å². The van der Waals surface area contributed by atoms with E-state index in [1.54, 1.807) is 6.08 Å². The van der Waals surface area contributed by atoms with E-state index in [0.29, 0.717) is 13.1 Å². The van der Waals surface area contributed by atoms with Crippen molar-refractivity contribution >= 4 is 33.2 Å². The molecule has 7 heteroatoms. The minimum Gasteiger partial charge on any atom is -0.478 e. The van der Waals surface area contributed by atoms with Crippen LogP contribution >= 0.6 is 11.3 Å². The molecule has 1 aromatic rings. The number of hydrogen-bond donors (Lipinski definition) is 1. The third-order valence-corrected chi connectivity index (χ3v) is 4.29. The molecule has 0 bridgehead atoms. The third kappa shape index (κ3) is 6.51. The second-order valence-corrected chi connectivity index (χ2v) is 7.60. The minimum absolute atomic E-state index is 0.120. The number of aliphatic carboxylic acids is 1. The average Bonchev–Trinajstić information content (AvgIpc) is 2.70. The number of nitrogens with zero attached hydrogens (tertiary/aromatic N) is 1. The van der Waals surface area contributed by atoms with Gasteiger partial charge in [0.2, 0.25) is 0 Å². The number of thiophene rings is 1. The van der Waals surface area contributed by atoms with E-state index in [2.05, 4.69) is 0 Å². The summed E-state index contributed by atoms with van der Waals surface area (Å²) in [6, 6.07) is 1.85. The molecular weight excluding hydrogens is 286 g/mol. The lowest BCUT2D eigenvalue weighted by atomic mass is 10.2. The maximum atomic E-state index is 11.1. The van der Waals surface area contributed by atoms with Crippen molar-refractivity contribution in [3.05, 3.63) is 28.0 Å². The van der Waals surface area contributed by atoms with E-state index >= 15 is 0 Å². The predicted molar refractivity (Wildman–Crippen MR) is 77.0 cm³/mol. The number of carboxylic acid groups (broad SMARTS) is 1. The quantitative estimate of drug-likeness (QED) is 0.769. The highest BCUT2D eigenvalue weighted by atomic mass is 32.2. The third-order valence-electron chi connectivity index (χ3n) is 2.44. The molecule has 0 saturated heterocycles. The summed E-state index contributed by atoms with van der Waals surface area (Å²) in [4.78, 5) is 13.4. The van der Waals surface area contributed by atoms with Gasteiger partial charge in [0.1, 0.15) is 9.84 Å². The molecule has 0 aliphatic carbocycles. The molecule has 0 aliphatic heterocycles. The monoisotopic (exact) mass is 303 g/mol. The first-order chi connectivity index (χ1) is 8.78. The van der Waals surface area contributed by atoms with Crippen LogP contribution < -0.4 is 0 Å². The maximum Gasteiger partial charge on any atom is 0.328 e. The summed E-state index contributed by atoms with van der Waals surface area (Å²) in [5, 5.41) is 10.5. The van der Waals surface area contributed by atoms with Crippen LogP contribution in [0.1, 0.15) is 10.4 Å². The zero-order valence-corrected chi connectivity index (χ0v) is 12.5. The van der Waals surface area contributed by atoms with Gasteiger partial charge in [-0.1, -0.05) is 0 Å². The van der Waals surface area contributed by atoms with Crippen molar-refractivity contribution in [3.63, 3.8) is 0 Å². The first-order valence-corrected chi connectivity index (χ1v) is 8.55. The Bertz CT molecular complexity index is 560. The lowest BCUT2D eigenvalue weighted by molar-refractivity contribution is -0.131. The highest BCUT2D eigenvalue weighted by Gasteiger charge is 2.09. The Morgan fingerprint density at radius 2 is 2.21 bits per heavy atom. The van der Waals surface area contributed by atoms with Crippen molar-refractivity contribution in [1.82, 2.24) is 4.90 Å². The van der Waals surface area contributed by atoms with E-state index in [9.17, 15) is 13.2 Å². The number of sulfone groups is 1. The van der Waals surface area contributed by atoms with Crippen molar-refractivity contribution in [1.29, 1.82) is 0 Å². The molecule has 0 amide bonds. The van der Waals surface area contributed by atoms with Gasteiger partial charge in [0, 0.05) is 30.3 Å². The summed E-state index contributed by atoms with van der Waals surface area (Å²) < 4.78 is 22.2. The van der Waals surface area contributed by atoms with Crippen LogP contribution in [0.4, 0.5) is 0 Å². The highest BCUT2D eigenvalue weighted by Crippen LogP contribution is 2.19. The Labute approximate surface area is 117 Å². The fourth-order valence-corrected chi connectivity index (χ4v) is 3.02. The molecular formula is C12H17NO4S2. The molecule has 1 N–H and O–H groups in total. The molecule has 0 fully saturated rings. The second-order valence-electron chi connectivity index (χ2n) is 4.34. The van der Waals surface area contributed by atoms with E-state index in [1.807, 2.05) is 23.4 Å². The van der Waals surface area contributed by atoms with Crippen LogP contribution in [0.2, 0.25) is 0 Å². The largest absolute Gasteiger partial charge is 0.478 e. The van der Waals surface area contributed by atoms with Crippen LogP contribution in [0.5, 0.6) is 0 Å². The van der Waals surface area contributed by atoms with Crippen molar-refractivity contribution in [2.45, 2.75) is 6.54 Å². The SMILES string of the molecule is CN(CCS(C)(=O)=O)Cc1sccc1C=CC(=O)O. The van der Waals surface area contributed by atoms with Gasteiger partial charge >= 0.3 is 5.97 Å². The zero-order valence-electron chi connectivity index (χ0n) is 10.9. The van der Waals surface area contributed by atoms with Gasteiger partial charge in [-0.15, -0.1) is 11.3 Å². The summed E-state index contributed by atoms with van der Waals surface area (Å²) in [7, 11) is -1.12. The van der Waals surface area contributed by atoms with Crippen molar-refractivity contribution in [2.24, 2.45) is 0 Å². The average molecular weight is 303 g/mol. The first-order valence-electron chi connectivity index (χ1n) is 5.61. The molecule has 1 aromatic heterocycles. The molecule has 1 heterocycles. The van der Waals surface area contributed by atoms with Crippen molar-refractivity contribution in [2.75, 3.05) is 25.6 Å². The Kier molecular flexibility index (Phi) is 5.71. The number of carboxylic acids is 1. The molecule has 0 aromatic carbocycles. The molecule has 0 unspecified atom stereocenters. The Morgan fingerprint density at radius 1 is 1.53 bits per heavy atom. The number of carbonyl (C=O) groups is 1. The van der Waals surface area contributed by atoms with Gasteiger partial charge in [-0.2, -0.15) is 0 Å².